The highest BCUT2D eigenvalue weighted by Crippen LogP contribution is 2.09. The van der Waals surface area contributed by atoms with Crippen molar-refractivity contribution < 1.29 is 44.1 Å². The molecular weight excluding hydrogens is 428 g/mol. The summed E-state index contributed by atoms with van der Waals surface area (Å²) in [6.45, 7) is 3.89. The fourth-order valence-electron chi connectivity index (χ4n) is 3.16. The molecule has 3 amide bonds. The number of hydrogen-bond donors (Lipinski definition) is 7. The van der Waals surface area contributed by atoms with Crippen molar-refractivity contribution in [2.45, 2.75) is 70.1 Å². The monoisotopic (exact) mass is 458 g/mol. The lowest BCUT2D eigenvalue weighted by Gasteiger charge is -2.25. The molecule has 5 atom stereocenters. The average Bonchev–Trinajstić information content (AvgIpc) is 3.24. The van der Waals surface area contributed by atoms with E-state index in [-0.39, 0.29) is 0 Å². The van der Waals surface area contributed by atoms with Crippen LogP contribution in [0.4, 0.5) is 0 Å². The number of amides is 3. The molecule has 1 aliphatic heterocycles. The first-order valence-corrected chi connectivity index (χ1v) is 10.3. The maximum absolute atomic E-state index is 12.6. The average molecular weight is 458 g/mol. The lowest BCUT2D eigenvalue weighted by molar-refractivity contribution is -0.145. The van der Waals surface area contributed by atoms with Crippen LogP contribution in [0.5, 0.6) is 0 Å². The van der Waals surface area contributed by atoms with Gasteiger partial charge in [0.15, 0.2) is 0 Å². The summed E-state index contributed by atoms with van der Waals surface area (Å²) >= 11 is 0. The largest absolute Gasteiger partial charge is 0.481 e. The van der Waals surface area contributed by atoms with Crippen LogP contribution in [-0.2, 0) is 28.8 Å². The summed E-state index contributed by atoms with van der Waals surface area (Å²) in [5, 5.41) is 37.0. The van der Waals surface area contributed by atoms with Gasteiger partial charge in [-0.05, 0) is 25.3 Å². The zero-order chi connectivity index (χ0) is 24.4. The van der Waals surface area contributed by atoms with Gasteiger partial charge in [-0.3, -0.25) is 24.0 Å². The van der Waals surface area contributed by atoms with Gasteiger partial charge in [0.2, 0.25) is 17.7 Å². The van der Waals surface area contributed by atoms with Gasteiger partial charge in [-0.15, -0.1) is 0 Å². The summed E-state index contributed by atoms with van der Waals surface area (Å²) in [4.78, 5) is 71.3. The number of rotatable bonds is 13. The van der Waals surface area contributed by atoms with Crippen molar-refractivity contribution in [1.29, 1.82) is 0 Å². The van der Waals surface area contributed by atoms with Crippen LogP contribution in [0, 0.1) is 5.92 Å². The Kier molecular flexibility index (Phi) is 10.5. The third-order valence-corrected chi connectivity index (χ3v) is 5.18. The van der Waals surface area contributed by atoms with Gasteiger partial charge in [0.05, 0.1) is 18.9 Å². The Hall–Kier alpha value is -3.22. The Bertz CT molecular complexity index is 736. The molecule has 13 heteroatoms. The molecular formula is C19H30N4O9. The summed E-state index contributed by atoms with van der Waals surface area (Å²) in [5.74, 6) is -7.36. The quantitative estimate of drug-likeness (QED) is 0.166. The molecule has 32 heavy (non-hydrogen) atoms. The standard InChI is InChI=1S/C19H30N4O9/c1-3-9(2)15(19(31)32)23-18(30)12(8-14(26)27)22-17(29)11(7-13(24)25)21-16(28)10-5-4-6-20-10/h9-12,15,20H,3-8H2,1-2H3,(H,21,28)(H,22,29)(H,23,30)(H,24,25)(H,26,27)(H,31,32). The Morgan fingerprint density at radius 3 is 1.88 bits per heavy atom. The molecule has 0 aromatic heterocycles. The lowest BCUT2D eigenvalue weighted by Crippen LogP contribution is -2.58. The summed E-state index contributed by atoms with van der Waals surface area (Å²) < 4.78 is 0. The molecule has 0 aliphatic carbocycles. The number of nitrogens with one attached hydrogen (secondary N) is 4. The minimum atomic E-state index is -1.68. The van der Waals surface area contributed by atoms with Crippen molar-refractivity contribution in [3.8, 4) is 0 Å². The van der Waals surface area contributed by atoms with Gasteiger partial charge >= 0.3 is 17.9 Å². The number of hydrogen-bond acceptors (Lipinski definition) is 7. The van der Waals surface area contributed by atoms with Crippen molar-refractivity contribution in [2.24, 2.45) is 5.92 Å². The van der Waals surface area contributed by atoms with Crippen LogP contribution in [0.1, 0.15) is 46.0 Å². The second-order valence-corrected chi connectivity index (χ2v) is 7.68. The highest BCUT2D eigenvalue weighted by atomic mass is 16.4. The fourth-order valence-corrected chi connectivity index (χ4v) is 3.16. The molecule has 0 spiro atoms. The van der Waals surface area contributed by atoms with E-state index in [0.717, 1.165) is 6.42 Å². The van der Waals surface area contributed by atoms with Gasteiger partial charge in [0, 0.05) is 0 Å². The Morgan fingerprint density at radius 2 is 1.44 bits per heavy atom. The first kappa shape index (κ1) is 26.8. The van der Waals surface area contributed by atoms with E-state index in [9.17, 15) is 33.9 Å². The normalized spacial score (nSPS) is 19.1. The highest BCUT2D eigenvalue weighted by Gasteiger charge is 2.34. The van der Waals surface area contributed by atoms with Gasteiger partial charge in [0.25, 0.3) is 0 Å². The molecule has 7 N–H and O–H groups in total. The molecule has 1 rings (SSSR count). The van der Waals surface area contributed by atoms with Gasteiger partial charge in [-0.1, -0.05) is 20.3 Å². The van der Waals surface area contributed by atoms with Crippen LogP contribution in [-0.4, -0.2) is 81.7 Å². The van der Waals surface area contributed by atoms with E-state index in [0.29, 0.717) is 19.4 Å². The van der Waals surface area contributed by atoms with E-state index < -0.39 is 78.6 Å². The van der Waals surface area contributed by atoms with Gasteiger partial charge in [-0.2, -0.15) is 0 Å². The molecule has 5 unspecified atom stereocenters. The van der Waals surface area contributed by atoms with E-state index in [4.69, 9.17) is 10.2 Å². The van der Waals surface area contributed by atoms with Crippen LogP contribution in [0.2, 0.25) is 0 Å². The van der Waals surface area contributed by atoms with Crippen LogP contribution in [0.3, 0.4) is 0 Å². The predicted octanol–water partition coefficient (Wildman–Crippen LogP) is -1.73. The molecule has 1 heterocycles. The lowest BCUT2D eigenvalue weighted by atomic mass is 9.98. The van der Waals surface area contributed by atoms with E-state index in [1.165, 1.54) is 0 Å². The maximum Gasteiger partial charge on any atom is 0.326 e. The third-order valence-electron chi connectivity index (χ3n) is 5.18. The number of carbonyl (C=O) groups excluding carboxylic acids is 3. The van der Waals surface area contributed by atoms with E-state index in [1.54, 1.807) is 13.8 Å². The van der Waals surface area contributed by atoms with Crippen LogP contribution in [0.15, 0.2) is 0 Å². The molecule has 0 saturated carbocycles. The number of carboxylic acid groups (broad SMARTS) is 3. The zero-order valence-corrected chi connectivity index (χ0v) is 17.9. The van der Waals surface area contributed by atoms with Gasteiger partial charge < -0.3 is 36.6 Å². The highest BCUT2D eigenvalue weighted by molar-refractivity contribution is 5.96. The molecule has 0 bridgehead atoms. The summed E-state index contributed by atoms with van der Waals surface area (Å²) in [6.07, 6.45) is -0.0209. The van der Waals surface area contributed by atoms with E-state index in [2.05, 4.69) is 21.3 Å². The maximum atomic E-state index is 12.6. The molecule has 1 saturated heterocycles. The molecule has 1 fully saturated rings. The SMILES string of the molecule is CCC(C)C(NC(=O)C(CC(=O)O)NC(=O)C(CC(=O)O)NC(=O)C1CCCN1)C(=O)O. The minimum Gasteiger partial charge on any atom is -0.481 e. The van der Waals surface area contributed by atoms with Crippen LogP contribution in [0.25, 0.3) is 0 Å². The Labute approximate surface area is 184 Å². The summed E-state index contributed by atoms with van der Waals surface area (Å²) in [6, 6.07) is -5.15. The van der Waals surface area contributed by atoms with Crippen molar-refractivity contribution >= 4 is 35.6 Å². The van der Waals surface area contributed by atoms with Crippen molar-refractivity contribution in [3.05, 3.63) is 0 Å². The third kappa shape index (κ3) is 8.49. The second-order valence-electron chi connectivity index (χ2n) is 7.68. The van der Waals surface area contributed by atoms with Gasteiger partial charge in [0.1, 0.15) is 18.1 Å². The fraction of sp³-hybridized carbons (Fsp3) is 0.684. The first-order valence-electron chi connectivity index (χ1n) is 10.3. The Morgan fingerprint density at radius 1 is 0.906 bits per heavy atom. The molecule has 0 aromatic carbocycles. The number of aliphatic carboxylic acids is 3. The van der Waals surface area contributed by atoms with Crippen molar-refractivity contribution in [3.63, 3.8) is 0 Å². The second kappa shape index (κ2) is 12.6. The Balaban J connectivity index is 2.96. The smallest absolute Gasteiger partial charge is 0.326 e. The molecule has 0 aromatic rings. The van der Waals surface area contributed by atoms with Crippen molar-refractivity contribution in [1.82, 2.24) is 21.3 Å². The zero-order valence-electron chi connectivity index (χ0n) is 17.9. The predicted molar refractivity (Wildman–Crippen MR) is 108 cm³/mol. The van der Waals surface area contributed by atoms with E-state index in [1.807, 2.05) is 0 Å². The molecule has 1 aliphatic rings. The van der Waals surface area contributed by atoms with Crippen molar-refractivity contribution in [2.75, 3.05) is 6.54 Å². The molecule has 13 nitrogen and oxygen atoms in total. The van der Waals surface area contributed by atoms with E-state index >= 15 is 0 Å². The topological polar surface area (TPSA) is 211 Å². The van der Waals surface area contributed by atoms with Crippen LogP contribution < -0.4 is 21.3 Å². The molecule has 0 radical (unpaired) electrons. The van der Waals surface area contributed by atoms with Gasteiger partial charge in [-0.25, -0.2) is 4.79 Å². The number of carbonyl (C=O) groups is 6. The molecule has 180 valence electrons. The first-order chi connectivity index (χ1) is 15.0. The summed E-state index contributed by atoms with van der Waals surface area (Å²) in [5.41, 5.74) is 0. The summed E-state index contributed by atoms with van der Waals surface area (Å²) in [7, 11) is 0. The number of carboxylic acids is 3. The minimum absolute atomic E-state index is 0.412. The van der Waals surface area contributed by atoms with Crippen LogP contribution >= 0.6 is 0 Å².